The highest BCUT2D eigenvalue weighted by molar-refractivity contribution is 5.77. The van der Waals surface area contributed by atoms with E-state index in [0.717, 1.165) is 26.2 Å². The smallest absolute Gasteiger partial charge is 0.223 e. The van der Waals surface area contributed by atoms with Gasteiger partial charge in [0.25, 0.3) is 0 Å². The van der Waals surface area contributed by atoms with E-state index in [9.17, 15) is 4.79 Å². The minimum Gasteiger partial charge on any atom is -0.343 e. The zero-order chi connectivity index (χ0) is 12.4. The second-order valence-corrected chi connectivity index (χ2v) is 5.32. The third-order valence-corrected chi connectivity index (χ3v) is 4.08. The molecule has 0 bridgehead atoms. The van der Waals surface area contributed by atoms with E-state index < -0.39 is 0 Å². The Morgan fingerprint density at radius 2 is 2.06 bits per heavy atom. The van der Waals surface area contributed by atoms with Crippen LogP contribution in [0.4, 0.5) is 0 Å². The summed E-state index contributed by atoms with van der Waals surface area (Å²) in [5.74, 6) is 0.680. The molecule has 0 saturated carbocycles. The molecule has 1 aromatic rings. The van der Waals surface area contributed by atoms with E-state index in [-0.39, 0.29) is 0 Å². The van der Waals surface area contributed by atoms with E-state index in [1.165, 1.54) is 24.0 Å². The highest BCUT2D eigenvalue weighted by atomic mass is 16.2. The predicted molar refractivity (Wildman–Crippen MR) is 71.3 cm³/mol. The van der Waals surface area contributed by atoms with Crippen molar-refractivity contribution >= 4 is 5.91 Å². The van der Waals surface area contributed by atoms with Gasteiger partial charge in [0, 0.05) is 38.5 Å². The molecular formula is C15H20N2O. The van der Waals surface area contributed by atoms with E-state index >= 15 is 0 Å². The summed E-state index contributed by atoms with van der Waals surface area (Å²) in [6, 6.07) is 8.50. The zero-order valence-electron chi connectivity index (χ0n) is 10.7. The molecule has 1 fully saturated rings. The topological polar surface area (TPSA) is 32.3 Å². The van der Waals surface area contributed by atoms with E-state index in [4.69, 9.17) is 0 Å². The van der Waals surface area contributed by atoms with Crippen molar-refractivity contribution in [2.75, 3.05) is 19.6 Å². The number of benzene rings is 1. The lowest BCUT2D eigenvalue weighted by molar-refractivity contribution is -0.130. The Morgan fingerprint density at radius 3 is 2.89 bits per heavy atom. The maximum atomic E-state index is 12.2. The number of carbonyl (C=O) groups excluding carboxylic acids is 1. The van der Waals surface area contributed by atoms with Gasteiger partial charge < -0.3 is 10.2 Å². The first kappa shape index (κ1) is 11.7. The minimum atomic E-state index is 0.330. The van der Waals surface area contributed by atoms with Crippen molar-refractivity contribution < 1.29 is 4.79 Å². The number of amides is 1. The van der Waals surface area contributed by atoms with Gasteiger partial charge in [-0.15, -0.1) is 0 Å². The highest BCUT2D eigenvalue weighted by Gasteiger charge is 2.25. The van der Waals surface area contributed by atoms with E-state index in [2.05, 4.69) is 29.6 Å². The van der Waals surface area contributed by atoms with Crippen LogP contribution in [0.25, 0.3) is 0 Å². The summed E-state index contributed by atoms with van der Waals surface area (Å²) in [5, 5.41) is 3.42. The number of hydrogen-bond acceptors (Lipinski definition) is 2. The van der Waals surface area contributed by atoms with Gasteiger partial charge in [0.2, 0.25) is 5.91 Å². The molecule has 3 heteroatoms. The maximum Gasteiger partial charge on any atom is 0.223 e. The zero-order valence-corrected chi connectivity index (χ0v) is 10.7. The van der Waals surface area contributed by atoms with Gasteiger partial charge >= 0.3 is 0 Å². The van der Waals surface area contributed by atoms with Crippen molar-refractivity contribution in [2.45, 2.75) is 31.7 Å². The monoisotopic (exact) mass is 244 g/mol. The fraction of sp³-hybridized carbons (Fsp3) is 0.533. The molecule has 2 aliphatic heterocycles. The van der Waals surface area contributed by atoms with Crippen molar-refractivity contribution in [2.24, 2.45) is 0 Å². The fourth-order valence-electron chi connectivity index (χ4n) is 3.07. The van der Waals surface area contributed by atoms with Crippen LogP contribution < -0.4 is 5.32 Å². The molecule has 0 aromatic heterocycles. The predicted octanol–water partition coefficient (Wildman–Crippen LogP) is 1.89. The second-order valence-electron chi connectivity index (χ2n) is 5.32. The quantitative estimate of drug-likeness (QED) is 0.861. The summed E-state index contributed by atoms with van der Waals surface area (Å²) >= 11 is 0. The van der Waals surface area contributed by atoms with Crippen LogP contribution in [0.15, 0.2) is 24.3 Å². The van der Waals surface area contributed by atoms with Gasteiger partial charge in [-0.05, 0) is 24.0 Å². The number of nitrogens with one attached hydrogen (secondary N) is 1. The van der Waals surface area contributed by atoms with Crippen LogP contribution >= 0.6 is 0 Å². The van der Waals surface area contributed by atoms with Gasteiger partial charge in [-0.3, -0.25) is 4.79 Å². The van der Waals surface area contributed by atoms with Gasteiger partial charge in [-0.1, -0.05) is 24.3 Å². The molecule has 2 heterocycles. The van der Waals surface area contributed by atoms with Crippen molar-refractivity contribution in [1.82, 2.24) is 10.2 Å². The number of rotatable bonds is 2. The van der Waals surface area contributed by atoms with Crippen LogP contribution in [-0.2, 0) is 11.3 Å². The molecule has 2 aliphatic rings. The van der Waals surface area contributed by atoms with Crippen molar-refractivity contribution in [3.8, 4) is 0 Å². The van der Waals surface area contributed by atoms with Crippen LogP contribution in [0, 0.1) is 0 Å². The van der Waals surface area contributed by atoms with Gasteiger partial charge in [-0.2, -0.15) is 0 Å². The first-order valence-corrected chi connectivity index (χ1v) is 6.91. The summed E-state index contributed by atoms with van der Waals surface area (Å²) in [5.41, 5.74) is 2.71. The summed E-state index contributed by atoms with van der Waals surface area (Å²) < 4.78 is 0. The second kappa shape index (κ2) is 5.11. The lowest BCUT2D eigenvalue weighted by Gasteiger charge is -2.27. The molecule has 1 saturated heterocycles. The molecule has 0 aliphatic carbocycles. The molecular weight excluding hydrogens is 224 g/mol. The maximum absolute atomic E-state index is 12.2. The normalized spacial score (nSPS) is 22.9. The number of likely N-dealkylation sites (tertiary alicyclic amines) is 1. The summed E-state index contributed by atoms with van der Waals surface area (Å²) in [6.07, 6.45) is 3.00. The number of fused-ring (bicyclic) bond motifs is 1. The fourth-order valence-corrected chi connectivity index (χ4v) is 3.07. The van der Waals surface area contributed by atoms with E-state index in [1.54, 1.807) is 0 Å². The Balaban J connectivity index is 1.72. The Bertz CT molecular complexity index is 438. The molecule has 1 unspecified atom stereocenters. The van der Waals surface area contributed by atoms with Crippen LogP contribution in [0.1, 0.15) is 36.3 Å². The third kappa shape index (κ3) is 2.27. The number of carbonyl (C=O) groups is 1. The van der Waals surface area contributed by atoms with Crippen LogP contribution in [0.3, 0.4) is 0 Å². The van der Waals surface area contributed by atoms with Gasteiger partial charge in [-0.25, -0.2) is 0 Å². The Labute approximate surface area is 108 Å². The molecule has 1 amide bonds. The van der Waals surface area contributed by atoms with E-state index in [0.29, 0.717) is 18.2 Å². The Morgan fingerprint density at radius 1 is 1.28 bits per heavy atom. The van der Waals surface area contributed by atoms with Gasteiger partial charge in [0.05, 0.1) is 0 Å². The van der Waals surface area contributed by atoms with Crippen LogP contribution in [0.2, 0.25) is 0 Å². The lowest BCUT2D eigenvalue weighted by Crippen LogP contribution is -2.34. The largest absolute Gasteiger partial charge is 0.343 e. The SMILES string of the molecule is O=C(CC1CNCc2ccccc21)N1CCCC1. The Kier molecular flexibility index (Phi) is 3.33. The molecule has 0 spiro atoms. The molecule has 18 heavy (non-hydrogen) atoms. The van der Waals surface area contributed by atoms with Gasteiger partial charge in [0.15, 0.2) is 0 Å². The Hall–Kier alpha value is -1.35. The standard InChI is InChI=1S/C15H20N2O/c18-15(17-7-3-4-8-17)9-13-11-16-10-12-5-1-2-6-14(12)13/h1-2,5-6,13,16H,3-4,7-11H2. The molecule has 1 aromatic carbocycles. The lowest BCUT2D eigenvalue weighted by atomic mass is 9.88. The van der Waals surface area contributed by atoms with Crippen molar-refractivity contribution in [3.63, 3.8) is 0 Å². The number of nitrogens with zero attached hydrogens (tertiary/aromatic N) is 1. The van der Waals surface area contributed by atoms with E-state index in [1.807, 2.05) is 4.90 Å². The first-order valence-electron chi connectivity index (χ1n) is 6.91. The molecule has 3 rings (SSSR count). The summed E-state index contributed by atoms with van der Waals surface area (Å²) in [4.78, 5) is 14.2. The van der Waals surface area contributed by atoms with Crippen LogP contribution in [0.5, 0.6) is 0 Å². The average molecular weight is 244 g/mol. The van der Waals surface area contributed by atoms with Crippen LogP contribution in [-0.4, -0.2) is 30.4 Å². The van der Waals surface area contributed by atoms with Crippen molar-refractivity contribution in [3.05, 3.63) is 35.4 Å². The average Bonchev–Trinajstić information content (AvgIpc) is 2.93. The van der Waals surface area contributed by atoms with Gasteiger partial charge in [0.1, 0.15) is 0 Å². The van der Waals surface area contributed by atoms with Crippen molar-refractivity contribution in [1.29, 1.82) is 0 Å². The first-order chi connectivity index (χ1) is 8.84. The summed E-state index contributed by atoms with van der Waals surface area (Å²) in [6.45, 7) is 3.78. The minimum absolute atomic E-state index is 0.330. The molecule has 1 N–H and O–H groups in total. The highest BCUT2D eigenvalue weighted by Crippen LogP contribution is 2.27. The molecule has 0 radical (unpaired) electrons. The molecule has 96 valence electrons. The molecule has 3 nitrogen and oxygen atoms in total. The number of hydrogen-bond donors (Lipinski definition) is 1. The third-order valence-electron chi connectivity index (χ3n) is 4.08. The summed E-state index contributed by atoms with van der Waals surface area (Å²) in [7, 11) is 0. The molecule has 1 atom stereocenters.